The first-order chi connectivity index (χ1) is 14.5. The van der Waals surface area contributed by atoms with Gasteiger partial charge >= 0.3 is 5.97 Å². The number of carboxylic acid groups (broad SMARTS) is 1. The van der Waals surface area contributed by atoms with Crippen molar-refractivity contribution in [2.45, 2.75) is 27.0 Å². The molecule has 0 aliphatic heterocycles. The lowest BCUT2D eigenvalue weighted by Crippen LogP contribution is -2.05. The van der Waals surface area contributed by atoms with Crippen molar-refractivity contribution < 1.29 is 19.4 Å². The molecule has 0 aliphatic rings. The smallest absolute Gasteiger partial charge is 0.335 e. The average Bonchev–Trinajstić information content (AvgIpc) is 2.73. The molecule has 0 aromatic heterocycles. The van der Waals surface area contributed by atoms with Gasteiger partial charge in [0.25, 0.3) is 0 Å². The van der Waals surface area contributed by atoms with Gasteiger partial charge in [0, 0.05) is 22.8 Å². The van der Waals surface area contributed by atoms with Crippen molar-refractivity contribution >= 4 is 23.3 Å². The molecule has 3 aromatic carbocycles. The van der Waals surface area contributed by atoms with Gasteiger partial charge in [0.05, 0.1) is 12.2 Å². The number of aryl methyl sites for hydroxylation is 1. The van der Waals surface area contributed by atoms with E-state index in [1.165, 1.54) is 0 Å². The Labute approximate surface area is 181 Å². The summed E-state index contributed by atoms with van der Waals surface area (Å²) in [5.41, 5.74) is 3.96. The maximum atomic E-state index is 11.1. The number of hydrogen-bond acceptors (Lipinski definition) is 4. The average molecular weight is 426 g/mol. The van der Waals surface area contributed by atoms with Crippen LogP contribution in [0.4, 0.5) is 5.69 Å². The third kappa shape index (κ3) is 5.45. The second-order valence-electron chi connectivity index (χ2n) is 6.78. The van der Waals surface area contributed by atoms with E-state index in [9.17, 15) is 4.79 Å². The van der Waals surface area contributed by atoms with Gasteiger partial charge in [-0.1, -0.05) is 35.9 Å². The van der Waals surface area contributed by atoms with Gasteiger partial charge < -0.3 is 19.9 Å². The lowest BCUT2D eigenvalue weighted by Gasteiger charge is -2.15. The van der Waals surface area contributed by atoms with Crippen LogP contribution in [-0.4, -0.2) is 17.7 Å². The molecule has 0 saturated heterocycles. The molecule has 30 heavy (non-hydrogen) atoms. The number of hydrogen-bond donors (Lipinski definition) is 2. The molecule has 0 aliphatic carbocycles. The largest absolute Gasteiger partial charge is 0.490 e. The number of halogens is 1. The van der Waals surface area contributed by atoms with Crippen LogP contribution in [-0.2, 0) is 13.2 Å². The molecule has 0 amide bonds. The van der Waals surface area contributed by atoms with E-state index in [0.29, 0.717) is 36.3 Å². The molecule has 3 aromatic rings. The number of aromatic carboxylic acids is 1. The van der Waals surface area contributed by atoms with E-state index >= 15 is 0 Å². The summed E-state index contributed by atoms with van der Waals surface area (Å²) in [6.07, 6.45) is 0. The summed E-state index contributed by atoms with van der Waals surface area (Å²) in [4.78, 5) is 11.1. The lowest BCUT2D eigenvalue weighted by molar-refractivity contribution is 0.0697. The van der Waals surface area contributed by atoms with Crippen molar-refractivity contribution in [3.63, 3.8) is 0 Å². The van der Waals surface area contributed by atoms with Gasteiger partial charge in [0.15, 0.2) is 11.5 Å². The van der Waals surface area contributed by atoms with Crippen molar-refractivity contribution in [1.82, 2.24) is 0 Å². The zero-order valence-corrected chi connectivity index (χ0v) is 17.7. The fourth-order valence-corrected chi connectivity index (χ4v) is 3.20. The molecule has 3 rings (SSSR count). The minimum absolute atomic E-state index is 0.275. The second kappa shape index (κ2) is 10.0. The number of carbonyl (C=O) groups is 1. The first-order valence-electron chi connectivity index (χ1n) is 9.67. The van der Waals surface area contributed by atoms with Crippen molar-refractivity contribution in [2.75, 3.05) is 11.9 Å². The standard InChI is InChI=1S/C24H24ClNO4/c1-3-29-23-13-17(14-26-21-10-9-18(24(27)28)12-16(21)2)8-11-22(23)30-15-19-6-4-5-7-20(19)25/h4-13,26H,3,14-15H2,1-2H3,(H,27,28). The van der Waals surface area contributed by atoms with E-state index in [2.05, 4.69) is 5.32 Å². The van der Waals surface area contributed by atoms with Crippen molar-refractivity contribution in [3.05, 3.63) is 87.9 Å². The molecule has 0 fully saturated rings. The molecule has 0 atom stereocenters. The van der Waals surface area contributed by atoms with Gasteiger partial charge in [-0.15, -0.1) is 0 Å². The molecule has 5 nitrogen and oxygen atoms in total. The predicted octanol–water partition coefficient (Wildman–Crippen LogP) is 5.94. The molecular formula is C24H24ClNO4. The normalized spacial score (nSPS) is 10.5. The SMILES string of the molecule is CCOc1cc(CNc2ccc(C(=O)O)cc2C)ccc1OCc1ccccc1Cl. The Morgan fingerprint density at radius 3 is 2.53 bits per heavy atom. The Morgan fingerprint density at radius 1 is 1.03 bits per heavy atom. The van der Waals surface area contributed by atoms with Crippen LogP contribution in [0.15, 0.2) is 60.7 Å². The minimum atomic E-state index is -0.932. The monoisotopic (exact) mass is 425 g/mol. The molecule has 0 unspecified atom stereocenters. The molecule has 0 saturated carbocycles. The van der Waals surface area contributed by atoms with E-state index in [-0.39, 0.29) is 5.56 Å². The Balaban J connectivity index is 1.70. The molecule has 156 valence electrons. The highest BCUT2D eigenvalue weighted by Gasteiger charge is 2.10. The van der Waals surface area contributed by atoms with Crippen LogP contribution in [0.3, 0.4) is 0 Å². The van der Waals surface area contributed by atoms with Crippen LogP contribution in [0.2, 0.25) is 5.02 Å². The number of anilines is 1. The summed E-state index contributed by atoms with van der Waals surface area (Å²) in [5.74, 6) is 0.391. The summed E-state index contributed by atoms with van der Waals surface area (Å²) < 4.78 is 11.7. The third-order valence-corrected chi connectivity index (χ3v) is 4.97. The number of ether oxygens (including phenoxy) is 2. The summed E-state index contributed by atoms with van der Waals surface area (Å²) in [7, 11) is 0. The maximum Gasteiger partial charge on any atom is 0.335 e. The second-order valence-corrected chi connectivity index (χ2v) is 7.19. The quantitative estimate of drug-likeness (QED) is 0.444. The molecule has 6 heteroatoms. The first-order valence-corrected chi connectivity index (χ1v) is 10.1. The van der Waals surface area contributed by atoms with Gasteiger partial charge in [-0.2, -0.15) is 0 Å². The van der Waals surface area contributed by atoms with E-state index < -0.39 is 5.97 Å². The van der Waals surface area contributed by atoms with Crippen LogP contribution < -0.4 is 14.8 Å². The zero-order chi connectivity index (χ0) is 21.5. The van der Waals surface area contributed by atoms with Crippen LogP contribution in [0.25, 0.3) is 0 Å². The summed E-state index contributed by atoms with van der Waals surface area (Å²) in [6.45, 7) is 5.25. The number of carboxylic acids is 1. The van der Waals surface area contributed by atoms with Gasteiger partial charge in [-0.3, -0.25) is 0 Å². The minimum Gasteiger partial charge on any atom is -0.490 e. The first kappa shape index (κ1) is 21.5. The van der Waals surface area contributed by atoms with E-state index in [1.54, 1.807) is 18.2 Å². The lowest BCUT2D eigenvalue weighted by atomic mass is 10.1. The van der Waals surface area contributed by atoms with Crippen LogP contribution in [0.5, 0.6) is 11.5 Å². The van der Waals surface area contributed by atoms with Crippen LogP contribution >= 0.6 is 11.6 Å². The van der Waals surface area contributed by atoms with Gasteiger partial charge in [0.2, 0.25) is 0 Å². The zero-order valence-electron chi connectivity index (χ0n) is 16.9. The fraction of sp³-hybridized carbons (Fsp3) is 0.208. The highest BCUT2D eigenvalue weighted by molar-refractivity contribution is 6.31. The Bertz CT molecular complexity index is 1040. The molecule has 0 radical (unpaired) electrons. The van der Waals surface area contributed by atoms with E-state index in [0.717, 1.165) is 22.4 Å². The number of benzene rings is 3. The van der Waals surface area contributed by atoms with Gasteiger partial charge in [-0.25, -0.2) is 4.79 Å². The van der Waals surface area contributed by atoms with Crippen LogP contribution in [0.1, 0.15) is 34.0 Å². The highest BCUT2D eigenvalue weighted by atomic mass is 35.5. The van der Waals surface area contributed by atoms with Gasteiger partial charge in [0.1, 0.15) is 6.61 Å². The summed E-state index contributed by atoms with van der Waals surface area (Å²) >= 11 is 6.20. The molecule has 0 bridgehead atoms. The molecular weight excluding hydrogens is 402 g/mol. The molecule has 0 heterocycles. The predicted molar refractivity (Wildman–Crippen MR) is 119 cm³/mol. The Morgan fingerprint density at radius 2 is 1.83 bits per heavy atom. The van der Waals surface area contributed by atoms with Crippen molar-refractivity contribution in [2.24, 2.45) is 0 Å². The Hall–Kier alpha value is -3.18. The topological polar surface area (TPSA) is 67.8 Å². The maximum absolute atomic E-state index is 11.1. The van der Waals surface area contributed by atoms with Crippen molar-refractivity contribution in [3.8, 4) is 11.5 Å². The van der Waals surface area contributed by atoms with Crippen molar-refractivity contribution in [1.29, 1.82) is 0 Å². The van der Waals surface area contributed by atoms with E-state index in [1.807, 2.05) is 56.3 Å². The number of nitrogens with one attached hydrogen (secondary N) is 1. The summed E-state index contributed by atoms with van der Waals surface area (Å²) in [6, 6.07) is 18.4. The summed E-state index contributed by atoms with van der Waals surface area (Å²) in [5, 5.41) is 13.1. The third-order valence-electron chi connectivity index (χ3n) is 4.61. The fourth-order valence-electron chi connectivity index (χ4n) is 3.01. The van der Waals surface area contributed by atoms with E-state index in [4.69, 9.17) is 26.2 Å². The van der Waals surface area contributed by atoms with Crippen LogP contribution in [0, 0.1) is 6.92 Å². The highest BCUT2D eigenvalue weighted by Crippen LogP contribution is 2.30. The number of rotatable bonds is 9. The Kier molecular flexibility index (Phi) is 7.20. The molecule has 0 spiro atoms. The van der Waals surface area contributed by atoms with Gasteiger partial charge in [-0.05, 0) is 61.4 Å². The molecule has 2 N–H and O–H groups in total.